The van der Waals surface area contributed by atoms with E-state index in [2.05, 4.69) is 4.98 Å². The van der Waals surface area contributed by atoms with Gasteiger partial charge < -0.3 is 10.0 Å². The highest BCUT2D eigenvalue weighted by Gasteiger charge is 2.24. The fourth-order valence-electron chi connectivity index (χ4n) is 2.76. The highest BCUT2D eigenvalue weighted by Crippen LogP contribution is 2.21. The average molecular weight is 270 g/mol. The number of hydrogen-bond donors (Lipinski definition) is 1. The molecule has 1 aliphatic rings. The predicted octanol–water partition coefficient (Wildman–Crippen LogP) is 2.08. The molecule has 104 valence electrons. The number of rotatable bonds is 2. The third-order valence-corrected chi connectivity index (χ3v) is 4.04. The van der Waals surface area contributed by atoms with E-state index in [0.717, 1.165) is 23.6 Å². The van der Waals surface area contributed by atoms with Crippen LogP contribution in [-0.2, 0) is 0 Å². The number of aliphatic hydroxyl groups is 1. The van der Waals surface area contributed by atoms with Crippen molar-refractivity contribution < 1.29 is 9.90 Å². The van der Waals surface area contributed by atoms with Crippen LogP contribution in [-0.4, -0.2) is 40.6 Å². The van der Waals surface area contributed by atoms with Crippen molar-refractivity contribution in [2.45, 2.75) is 12.8 Å². The monoisotopic (exact) mass is 270 g/mol. The van der Waals surface area contributed by atoms with Crippen LogP contribution in [0.5, 0.6) is 0 Å². The van der Waals surface area contributed by atoms with Crippen molar-refractivity contribution in [1.82, 2.24) is 9.88 Å². The van der Waals surface area contributed by atoms with Gasteiger partial charge in [0, 0.05) is 31.3 Å². The second-order valence-electron chi connectivity index (χ2n) is 5.30. The molecule has 1 N–H and O–H groups in total. The van der Waals surface area contributed by atoms with Crippen LogP contribution in [0.2, 0.25) is 0 Å². The lowest BCUT2D eigenvalue weighted by atomic mass is 9.97. The number of hydrogen-bond acceptors (Lipinski definition) is 3. The zero-order valence-electron chi connectivity index (χ0n) is 11.3. The van der Waals surface area contributed by atoms with E-state index in [9.17, 15) is 4.79 Å². The van der Waals surface area contributed by atoms with Crippen LogP contribution in [0.4, 0.5) is 0 Å². The van der Waals surface area contributed by atoms with E-state index in [-0.39, 0.29) is 12.5 Å². The molecule has 0 unspecified atom stereocenters. The number of nitrogens with zero attached hydrogens (tertiary/aromatic N) is 2. The van der Waals surface area contributed by atoms with Crippen molar-refractivity contribution in [3.8, 4) is 0 Å². The molecule has 2 aromatic rings. The number of fused-ring (bicyclic) bond motifs is 1. The Balaban J connectivity index is 1.86. The molecule has 1 aromatic heterocycles. The van der Waals surface area contributed by atoms with Gasteiger partial charge in [0.2, 0.25) is 0 Å². The van der Waals surface area contributed by atoms with Gasteiger partial charge in [-0.3, -0.25) is 9.78 Å². The second-order valence-corrected chi connectivity index (χ2v) is 5.30. The van der Waals surface area contributed by atoms with Gasteiger partial charge in [0.25, 0.3) is 5.91 Å². The second kappa shape index (κ2) is 5.59. The topological polar surface area (TPSA) is 53.4 Å². The van der Waals surface area contributed by atoms with Crippen molar-refractivity contribution in [3.63, 3.8) is 0 Å². The highest BCUT2D eigenvalue weighted by molar-refractivity contribution is 6.05. The number of amides is 1. The Morgan fingerprint density at radius 1 is 1.25 bits per heavy atom. The maximum absolute atomic E-state index is 12.6. The van der Waals surface area contributed by atoms with Gasteiger partial charge in [0.1, 0.15) is 5.69 Å². The first-order valence-corrected chi connectivity index (χ1v) is 7.03. The summed E-state index contributed by atoms with van der Waals surface area (Å²) in [5.74, 6) is 0.331. The number of aliphatic hydroxyl groups excluding tert-OH is 1. The molecule has 3 rings (SSSR count). The summed E-state index contributed by atoms with van der Waals surface area (Å²) in [6.07, 6.45) is 3.43. The van der Waals surface area contributed by atoms with Gasteiger partial charge >= 0.3 is 0 Å². The number of carbonyl (C=O) groups is 1. The summed E-state index contributed by atoms with van der Waals surface area (Å²) in [6.45, 7) is 1.62. The molecule has 0 saturated carbocycles. The lowest BCUT2D eigenvalue weighted by molar-refractivity contribution is 0.0647. The average Bonchev–Trinajstić information content (AvgIpc) is 2.54. The normalized spacial score (nSPS) is 16.6. The fourth-order valence-corrected chi connectivity index (χ4v) is 2.76. The van der Waals surface area contributed by atoms with E-state index in [1.807, 2.05) is 35.2 Å². The smallest absolute Gasteiger partial charge is 0.273 e. The number of piperidine rings is 1. The van der Waals surface area contributed by atoms with Gasteiger partial charge in [-0.15, -0.1) is 0 Å². The Morgan fingerprint density at radius 2 is 2.00 bits per heavy atom. The lowest BCUT2D eigenvalue weighted by Crippen LogP contribution is -2.39. The number of aromatic nitrogens is 1. The van der Waals surface area contributed by atoms with Gasteiger partial charge in [0.15, 0.2) is 0 Å². The van der Waals surface area contributed by atoms with Crippen LogP contribution in [0.3, 0.4) is 0 Å². The number of pyridine rings is 1. The van der Waals surface area contributed by atoms with Crippen LogP contribution in [0, 0.1) is 5.92 Å². The van der Waals surface area contributed by atoms with E-state index >= 15 is 0 Å². The summed E-state index contributed by atoms with van der Waals surface area (Å²) in [6, 6.07) is 9.74. The molecule has 1 aliphatic heterocycles. The zero-order chi connectivity index (χ0) is 13.9. The number of carbonyl (C=O) groups excluding carboxylic acids is 1. The van der Waals surface area contributed by atoms with Gasteiger partial charge in [-0.05, 0) is 30.2 Å². The first kappa shape index (κ1) is 13.1. The molecule has 0 radical (unpaired) electrons. The van der Waals surface area contributed by atoms with E-state index in [0.29, 0.717) is 24.7 Å². The fraction of sp³-hybridized carbons (Fsp3) is 0.375. The maximum atomic E-state index is 12.6. The van der Waals surface area contributed by atoms with E-state index in [1.54, 1.807) is 6.20 Å². The minimum Gasteiger partial charge on any atom is -0.396 e. The summed E-state index contributed by atoms with van der Waals surface area (Å²) >= 11 is 0. The van der Waals surface area contributed by atoms with Crippen molar-refractivity contribution in [2.75, 3.05) is 19.7 Å². The Bertz CT molecular complexity index is 613. The molecule has 1 amide bonds. The van der Waals surface area contributed by atoms with Crippen LogP contribution < -0.4 is 0 Å². The number of benzene rings is 1. The number of likely N-dealkylation sites (tertiary alicyclic amines) is 1. The summed E-state index contributed by atoms with van der Waals surface area (Å²) in [4.78, 5) is 18.7. The first-order valence-electron chi connectivity index (χ1n) is 7.03. The van der Waals surface area contributed by atoms with Crippen molar-refractivity contribution >= 4 is 16.7 Å². The largest absolute Gasteiger partial charge is 0.396 e. The molecule has 1 saturated heterocycles. The standard InChI is InChI=1S/C16H18N2O2/c19-11-12-6-9-18(10-7-12)16(20)15-14-4-2-1-3-13(14)5-8-17-15/h1-5,8,12,19H,6-7,9-11H2. The predicted molar refractivity (Wildman–Crippen MR) is 77.5 cm³/mol. The Morgan fingerprint density at radius 3 is 2.75 bits per heavy atom. The van der Waals surface area contributed by atoms with Crippen LogP contribution in [0.25, 0.3) is 10.8 Å². The van der Waals surface area contributed by atoms with Crippen LogP contribution in [0.15, 0.2) is 36.5 Å². The summed E-state index contributed by atoms with van der Waals surface area (Å²) in [5.41, 5.74) is 0.533. The minimum atomic E-state index is -0.00168. The molecular weight excluding hydrogens is 252 g/mol. The van der Waals surface area contributed by atoms with Gasteiger partial charge in [0.05, 0.1) is 0 Å². The van der Waals surface area contributed by atoms with Gasteiger partial charge in [-0.1, -0.05) is 24.3 Å². The van der Waals surface area contributed by atoms with Crippen LogP contribution in [0.1, 0.15) is 23.3 Å². The molecule has 1 fully saturated rings. The molecule has 0 spiro atoms. The van der Waals surface area contributed by atoms with Crippen molar-refractivity contribution in [3.05, 3.63) is 42.2 Å². The van der Waals surface area contributed by atoms with Crippen molar-refractivity contribution in [1.29, 1.82) is 0 Å². The van der Waals surface area contributed by atoms with E-state index in [1.165, 1.54) is 0 Å². The summed E-state index contributed by atoms with van der Waals surface area (Å²) < 4.78 is 0. The molecule has 0 atom stereocenters. The van der Waals surface area contributed by atoms with E-state index in [4.69, 9.17) is 5.11 Å². The van der Waals surface area contributed by atoms with Crippen LogP contribution >= 0.6 is 0 Å². The molecular formula is C16H18N2O2. The molecule has 0 bridgehead atoms. The zero-order valence-corrected chi connectivity index (χ0v) is 11.3. The molecule has 4 nitrogen and oxygen atoms in total. The lowest BCUT2D eigenvalue weighted by Gasteiger charge is -2.31. The van der Waals surface area contributed by atoms with Gasteiger partial charge in [-0.2, -0.15) is 0 Å². The SMILES string of the molecule is O=C(c1nccc2ccccc12)N1CCC(CO)CC1. The maximum Gasteiger partial charge on any atom is 0.273 e. The third-order valence-electron chi connectivity index (χ3n) is 4.04. The summed E-state index contributed by atoms with van der Waals surface area (Å²) in [5, 5.41) is 11.1. The van der Waals surface area contributed by atoms with Crippen molar-refractivity contribution in [2.24, 2.45) is 5.92 Å². The first-order chi connectivity index (χ1) is 9.79. The molecule has 4 heteroatoms. The minimum absolute atomic E-state index is 0.00168. The van der Waals surface area contributed by atoms with E-state index < -0.39 is 0 Å². The quantitative estimate of drug-likeness (QED) is 0.909. The highest BCUT2D eigenvalue weighted by atomic mass is 16.3. The summed E-state index contributed by atoms with van der Waals surface area (Å²) in [7, 11) is 0. The molecule has 1 aromatic carbocycles. The Labute approximate surface area is 118 Å². The molecule has 2 heterocycles. The molecule has 20 heavy (non-hydrogen) atoms. The Kier molecular flexibility index (Phi) is 3.65. The Hall–Kier alpha value is -1.94. The third kappa shape index (κ3) is 2.39. The van der Waals surface area contributed by atoms with Gasteiger partial charge in [-0.25, -0.2) is 0 Å². The molecule has 0 aliphatic carbocycles.